The van der Waals surface area contributed by atoms with Gasteiger partial charge in [0.05, 0.1) is 21.6 Å². The fourth-order valence-corrected chi connectivity index (χ4v) is 4.75. The van der Waals surface area contributed by atoms with Crippen LogP contribution in [0.3, 0.4) is 0 Å². The summed E-state index contributed by atoms with van der Waals surface area (Å²) in [7, 11) is 0. The Hall–Kier alpha value is -1.93. The van der Waals surface area contributed by atoms with Crippen molar-refractivity contribution in [3.05, 3.63) is 29.3 Å². The maximum Gasteiger partial charge on any atom is 0.307 e. The van der Waals surface area contributed by atoms with Gasteiger partial charge in [-0.3, -0.25) is 4.79 Å². The first-order valence-electron chi connectivity index (χ1n) is 8.54. The smallest absolute Gasteiger partial charge is 0.307 e. The standard InChI is InChI=1S/C19H22N2O2S/c1-14(13-20)23-18(22)12-19(9-5-2-6-10-19)11-17-21-15-7-3-4-8-16(15)24-17/h3-4,7-8,14H,2,5-6,9-12H2,1H3/t14-/m0/s1. The molecule has 1 fully saturated rings. The van der Waals surface area contributed by atoms with Gasteiger partial charge in [0.25, 0.3) is 0 Å². The van der Waals surface area contributed by atoms with Crippen molar-refractivity contribution >= 4 is 27.5 Å². The first-order chi connectivity index (χ1) is 11.6. The van der Waals surface area contributed by atoms with Gasteiger partial charge in [-0.05, 0) is 37.3 Å². The first-order valence-corrected chi connectivity index (χ1v) is 9.35. The zero-order valence-electron chi connectivity index (χ0n) is 14.0. The molecule has 3 rings (SSSR count). The van der Waals surface area contributed by atoms with Gasteiger partial charge in [0.2, 0.25) is 0 Å². The number of ether oxygens (including phenoxy) is 1. The minimum absolute atomic E-state index is 0.0710. The zero-order valence-corrected chi connectivity index (χ0v) is 14.8. The van der Waals surface area contributed by atoms with Crippen LogP contribution in [0.15, 0.2) is 24.3 Å². The van der Waals surface area contributed by atoms with Crippen molar-refractivity contribution in [3.63, 3.8) is 0 Å². The second kappa shape index (κ2) is 7.31. The summed E-state index contributed by atoms with van der Waals surface area (Å²) in [6.07, 6.45) is 6.10. The first kappa shape index (κ1) is 16.9. The van der Waals surface area contributed by atoms with Crippen LogP contribution in [0.5, 0.6) is 0 Å². The van der Waals surface area contributed by atoms with Crippen LogP contribution in [0.4, 0.5) is 0 Å². The summed E-state index contributed by atoms with van der Waals surface area (Å²) >= 11 is 1.72. The number of nitriles is 1. The molecule has 0 spiro atoms. The largest absolute Gasteiger partial charge is 0.447 e. The molecule has 1 heterocycles. The average molecular weight is 342 g/mol. The Morgan fingerprint density at radius 2 is 2.12 bits per heavy atom. The molecule has 0 unspecified atom stereocenters. The predicted molar refractivity (Wildman–Crippen MR) is 94.6 cm³/mol. The van der Waals surface area contributed by atoms with Crippen LogP contribution in [-0.2, 0) is 16.0 Å². The maximum atomic E-state index is 12.3. The summed E-state index contributed by atoms with van der Waals surface area (Å²) in [5.41, 5.74) is 0.961. The van der Waals surface area contributed by atoms with Crippen LogP contribution in [0.2, 0.25) is 0 Å². The number of carbonyl (C=O) groups is 1. The number of nitrogens with zero attached hydrogens (tertiary/aromatic N) is 2. The molecule has 24 heavy (non-hydrogen) atoms. The lowest BCUT2D eigenvalue weighted by molar-refractivity contribution is -0.149. The summed E-state index contributed by atoms with van der Waals surface area (Å²) in [6, 6.07) is 10.1. The number of fused-ring (bicyclic) bond motifs is 1. The molecule has 1 aliphatic carbocycles. The highest BCUT2D eigenvalue weighted by molar-refractivity contribution is 7.18. The van der Waals surface area contributed by atoms with Gasteiger partial charge in [0, 0.05) is 6.42 Å². The van der Waals surface area contributed by atoms with Gasteiger partial charge in [-0.15, -0.1) is 11.3 Å². The van der Waals surface area contributed by atoms with Gasteiger partial charge in [-0.25, -0.2) is 4.98 Å². The van der Waals surface area contributed by atoms with Crippen LogP contribution in [-0.4, -0.2) is 17.1 Å². The van der Waals surface area contributed by atoms with E-state index in [2.05, 4.69) is 6.07 Å². The summed E-state index contributed by atoms with van der Waals surface area (Å²) in [5.74, 6) is -0.257. The number of aromatic nitrogens is 1. The lowest BCUT2D eigenvalue weighted by atomic mass is 9.70. The van der Waals surface area contributed by atoms with Crippen LogP contribution < -0.4 is 0 Å². The molecule has 1 aliphatic rings. The van der Waals surface area contributed by atoms with Crippen molar-refractivity contribution in [1.29, 1.82) is 5.26 Å². The van der Waals surface area contributed by atoms with E-state index in [4.69, 9.17) is 15.0 Å². The number of hydrogen-bond acceptors (Lipinski definition) is 5. The molecule has 1 aromatic heterocycles. The third kappa shape index (κ3) is 3.93. The average Bonchev–Trinajstić information content (AvgIpc) is 2.96. The molecule has 0 N–H and O–H groups in total. The predicted octanol–water partition coefficient (Wildman–Crippen LogP) is 4.63. The number of para-hydroxylation sites is 1. The van der Waals surface area contributed by atoms with E-state index in [9.17, 15) is 4.79 Å². The Balaban J connectivity index is 1.77. The van der Waals surface area contributed by atoms with Crippen molar-refractivity contribution in [2.45, 2.75) is 58.0 Å². The van der Waals surface area contributed by atoms with Crippen LogP contribution in [0, 0.1) is 16.7 Å². The van der Waals surface area contributed by atoms with Gasteiger partial charge in [-0.1, -0.05) is 31.4 Å². The summed E-state index contributed by atoms with van der Waals surface area (Å²) in [5, 5.41) is 9.93. The van der Waals surface area contributed by atoms with E-state index in [1.165, 1.54) is 11.1 Å². The molecular weight excluding hydrogens is 320 g/mol. The van der Waals surface area contributed by atoms with Crippen molar-refractivity contribution in [1.82, 2.24) is 4.98 Å². The molecule has 0 radical (unpaired) electrons. The van der Waals surface area contributed by atoms with E-state index in [1.807, 2.05) is 24.3 Å². The van der Waals surface area contributed by atoms with E-state index in [0.29, 0.717) is 6.42 Å². The fraction of sp³-hybridized carbons (Fsp3) is 0.526. The monoisotopic (exact) mass is 342 g/mol. The number of rotatable bonds is 5. The third-order valence-electron chi connectivity index (χ3n) is 4.79. The van der Waals surface area contributed by atoms with Gasteiger partial charge >= 0.3 is 5.97 Å². The number of thiazole rings is 1. The van der Waals surface area contributed by atoms with E-state index in [1.54, 1.807) is 18.3 Å². The topological polar surface area (TPSA) is 63.0 Å². The minimum atomic E-state index is -0.680. The lowest BCUT2D eigenvalue weighted by Crippen LogP contribution is -2.31. The third-order valence-corrected chi connectivity index (χ3v) is 5.82. The number of benzene rings is 1. The second-order valence-electron chi connectivity index (χ2n) is 6.75. The highest BCUT2D eigenvalue weighted by Gasteiger charge is 2.36. The lowest BCUT2D eigenvalue weighted by Gasteiger charge is -2.36. The molecular formula is C19H22N2O2S. The molecule has 0 aliphatic heterocycles. The molecule has 126 valence electrons. The van der Waals surface area contributed by atoms with Crippen molar-refractivity contribution in [2.75, 3.05) is 0 Å². The Morgan fingerprint density at radius 3 is 2.83 bits per heavy atom. The van der Waals surface area contributed by atoms with E-state index in [0.717, 1.165) is 42.6 Å². The molecule has 0 bridgehead atoms. The molecule has 4 nitrogen and oxygen atoms in total. The quantitative estimate of drug-likeness (QED) is 0.743. The molecule has 5 heteroatoms. The van der Waals surface area contributed by atoms with Gasteiger partial charge < -0.3 is 4.74 Å². The van der Waals surface area contributed by atoms with E-state index < -0.39 is 6.10 Å². The minimum Gasteiger partial charge on any atom is -0.447 e. The zero-order chi connectivity index (χ0) is 17.0. The normalized spacial score (nSPS) is 18.0. The second-order valence-corrected chi connectivity index (χ2v) is 7.87. The van der Waals surface area contributed by atoms with Crippen molar-refractivity contribution in [3.8, 4) is 6.07 Å². The highest BCUT2D eigenvalue weighted by Crippen LogP contribution is 2.43. The van der Waals surface area contributed by atoms with Gasteiger partial charge in [0.1, 0.15) is 6.07 Å². The Kier molecular flexibility index (Phi) is 5.15. The number of hydrogen-bond donors (Lipinski definition) is 0. The van der Waals surface area contributed by atoms with Crippen LogP contribution in [0.25, 0.3) is 10.2 Å². The Labute approximate surface area is 146 Å². The molecule has 2 aromatic rings. The van der Waals surface area contributed by atoms with Crippen molar-refractivity contribution in [2.24, 2.45) is 5.41 Å². The summed E-state index contributed by atoms with van der Waals surface area (Å²) in [6.45, 7) is 1.61. The summed E-state index contributed by atoms with van der Waals surface area (Å²) in [4.78, 5) is 17.0. The summed E-state index contributed by atoms with van der Waals surface area (Å²) < 4.78 is 6.40. The SMILES string of the molecule is C[C@@H](C#N)OC(=O)CC1(Cc2nc3ccccc3s2)CCCCC1. The number of carbonyl (C=O) groups excluding carboxylic acids is 1. The van der Waals surface area contributed by atoms with Crippen LogP contribution >= 0.6 is 11.3 Å². The Bertz CT molecular complexity index is 723. The van der Waals surface area contributed by atoms with Gasteiger partial charge in [-0.2, -0.15) is 5.26 Å². The Morgan fingerprint density at radius 1 is 1.38 bits per heavy atom. The van der Waals surface area contributed by atoms with E-state index in [-0.39, 0.29) is 11.4 Å². The number of esters is 1. The van der Waals surface area contributed by atoms with Crippen molar-refractivity contribution < 1.29 is 9.53 Å². The molecule has 1 atom stereocenters. The maximum absolute atomic E-state index is 12.3. The molecule has 1 saturated carbocycles. The molecule has 1 aromatic carbocycles. The molecule has 0 saturated heterocycles. The highest BCUT2D eigenvalue weighted by atomic mass is 32.1. The van der Waals surface area contributed by atoms with Crippen LogP contribution in [0.1, 0.15) is 50.5 Å². The van der Waals surface area contributed by atoms with Gasteiger partial charge in [0.15, 0.2) is 6.10 Å². The fourth-order valence-electron chi connectivity index (χ4n) is 3.61. The molecule has 0 amide bonds. The van der Waals surface area contributed by atoms with E-state index >= 15 is 0 Å².